The molecule has 1 saturated carbocycles. The number of aromatic nitrogens is 1. The summed E-state index contributed by atoms with van der Waals surface area (Å²) in [7, 11) is 1.62. The number of nitrogens with zero attached hydrogens (tertiary/aromatic N) is 1. The van der Waals surface area contributed by atoms with Gasteiger partial charge in [-0.05, 0) is 25.5 Å². The molecule has 2 aromatic carbocycles. The summed E-state index contributed by atoms with van der Waals surface area (Å²) in [6.07, 6.45) is 2.42. The first-order valence-electron chi connectivity index (χ1n) is 12.5. The molecule has 5 rings (SSSR count). The van der Waals surface area contributed by atoms with E-state index in [-0.39, 0.29) is 24.5 Å². The molecular weight excluding hydrogens is 470 g/mol. The maximum absolute atomic E-state index is 13.1. The van der Waals surface area contributed by atoms with Crippen molar-refractivity contribution in [1.29, 1.82) is 0 Å². The van der Waals surface area contributed by atoms with E-state index in [4.69, 9.17) is 19.2 Å². The minimum atomic E-state index is -1.01. The second kappa shape index (κ2) is 10.2. The average Bonchev–Trinajstić information content (AvgIpc) is 3.44. The molecule has 3 aromatic rings. The van der Waals surface area contributed by atoms with Gasteiger partial charge >= 0.3 is 5.97 Å². The molecule has 192 valence electrons. The molecule has 37 heavy (non-hydrogen) atoms. The lowest BCUT2D eigenvalue weighted by Crippen LogP contribution is -2.51. The maximum atomic E-state index is 13.1. The number of rotatable bonds is 9. The van der Waals surface area contributed by atoms with Crippen molar-refractivity contribution in [1.82, 2.24) is 15.6 Å². The van der Waals surface area contributed by atoms with E-state index in [0.29, 0.717) is 30.9 Å². The number of carbonyl (C=O) groups is 2. The molecule has 1 amide bonds. The van der Waals surface area contributed by atoms with Gasteiger partial charge in [0.05, 0.1) is 31.0 Å². The second-order valence-corrected chi connectivity index (χ2v) is 9.42. The highest BCUT2D eigenvalue weighted by Crippen LogP contribution is 2.45. The van der Waals surface area contributed by atoms with E-state index in [9.17, 15) is 9.59 Å². The zero-order valence-corrected chi connectivity index (χ0v) is 21.0. The Kier molecular flexibility index (Phi) is 6.84. The molecule has 0 spiro atoms. The molecule has 2 N–H and O–H groups in total. The van der Waals surface area contributed by atoms with Crippen LogP contribution in [0.3, 0.4) is 0 Å². The molecule has 0 bridgehead atoms. The third-order valence-corrected chi connectivity index (χ3v) is 7.03. The number of pyridine rings is 1. The van der Waals surface area contributed by atoms with Crippen molar-refractivity contribution >= 4 is 22.8 Å². The first-order chi connectivity index (χ1) is 18.0. The normalized spacial score (nSPS) is 24.3. The molecule has 1 aromatic heterocycles. The van der Waals surface area contributed by atoms with Crippen LogP contribution < -0.4 is 20.1 Å². The lowest BCUT2D eigenvalue weighted by molar-refractivity contribution is -0.149. The van der Waals surface area contributed by atoms with Gasteiger partial charge in [-0.15, -0.1) is 6.58 Å². The minimum Gasteiger partial charge on any atom is -0.497 e. The first kappa shape index (κ1) is 24.8. The molecule has 2 heterocycles. The van der Waals surface area contributed by atoms with Crippen LogP contribution in [0.15, 0.2) is 67.3 Å². The van der Waals surface area contributed by atoms with Crippen molar-refractivity contribution in [2.45, 2.75) is 37.5 Å². The highest BCUT2D eigenvalue weighted by molar-refractivity contribution is 5.94. The third kappa shape index (κ3) is 4.89. The van der Waals surface area contributed by atoms with E-state index in [0.717, 1.165) is 22.2 Å². The molecule has 8 nitrogen and oxygen atoms in total. The van der Waals surface area contributed by atoms with Crippen molar-refractivity contribution in [3.8, 4) is 22.8 Å². The summed E-state index contributed by atoms with van der Waals surface area (Å²) in [6, 6.07) is 17.1. The van der Waals surface area contributed by atoms with E-state index in [1.165, 1.54) is 0 Å². The molecule has 4 atom stereocenters. The zero-order valence-electron chi connectivity index (χ0n) is 21.0. The predicted octanol–water partition coefficient (Wildman–Crippen LogP) is 3.64. The first-order valence-corrected chi connectivity index (χ1v) is 12.5. The number of hydrogen-bond acceptors (Lipinski definition) is 7. The van der Waals surface area contributed by atoms with Crippen LogP contribution in [0.1, 0.15) is 19.8 Å². The molecular formula is C29H31N3O5. The van der Waals surface area contributed by atoms with Gasteiger partial charge in [-0.25, -0.2) is 9.78 Å². The van der Waals surface area contributed by atoms with Crippen molar-refractivity contribution in [3.63, 3.8) is 0 Å². The maximum Gasteiger partial charge on any atom is 0.332 e. The summed E-state index contributed by atoms with van der Waals surface area (Å²) in [5.74, 6) is 0.629. The van der Waals surface area contributed by atoms with Crippen LogP contribution in [0.4, 0.5) is 0 Å². The van der Waals surface area contributed by atoms with Crippen LogP contribution in [-0.2, 0) is 14.3 Å². The summed E-state index contributed by atoms with van der Waals surface area (Å²) in [4.78, 5) is 30.5. The molecule has 1 saturated heterocycles. The number of fused-ring (bicyclic) bond motifs is 1. The number of esters is 1. The number of nitrogens with one attached hydrogen (secondary N) is 2. The Labute approximate surface area is 216 Å². The van der Waals surface area contributed by atoms with E-state index < -0.39 is 17.6 Å². The van der Waals surface area contributed by atoms with Crippen molar-refractivity contribution in [2.24, 2.45) is 5.92 Å². The van der Waals surface area contributed by atoms with Gasteiger partial charge in [0, 0.05) is 42.0 Å². The Morgan fingerprint density at radius 3 is 2.73 bits per heavy atom. The Morgan fingerprint density at radius 2 is 2.03 bits per heavy atom. The Morgan fingerprint density at radius 1 is 1.22 bits per heavy atom. The predicted molar refractivity (Wildman–Crippen MR) is 140 cm³/mol. The van der Waals surface area contributed by atoms with Crippen molar-refractivity contribution < 1.29 is 23.8 Å². The van der Waals surface area contributed by atoms with Crippen LogP contribution in [0, 0.1) is 5.92 Å². The topological polar surface area (TPSA) is 98.8 Å². The number of carbonyl (C=O) groups excluding carboxylic acids is 2. The fourth-order valence-corrected chi connectivity index (χ4v) is 4.90. The summed E-state index contributed by atoms with van der Waals surface area (Å²) < 4.78 is 17.1. The fraction of sp³-hybridized carbons (Fsp3) is 0.345. The molecule has 0 unspecified atom stereocenters. The largest absolute Gasteiger partial charge is 0.497 e. The lowest BCUT2D eigenvalue weighted by Gasteiger charge is -2.20. The molecule has 1 aliphatic heterocycles. The van der Waals surface area contributed by atoms with Gasteiger partial charge in [0.25, 0.3) is 0 Å². The number of methoxy groups -OCH3 is 1. The highest BCUT2D eigenvalue weighted by atomic mass is 16.5. The van der Waals surface area contributed by atoms with Gasteiger partial charge in [-0.1, -0.05) is 36.4 Å². The summed E-state index contributed by atoms with van der Waals surface area (Å²) >= 11 is 0. The van der Waals surface area contributed by atoms with E-state index >= 15 is 0 Å². The SMILES string of the molecule is C=C[C@@H]1C[C@]1(NC(=O)[C@@H]1C[C@@H](Oc2cc(-c3ccccc3)nc3cc(OC)ccc23)CN1)C(=O)OCC. The smallest absolute Gasteiger partial charge is 0.332 e. The van der Waals surface area contributed by atoms with Gasteiger partial charge in [0.2, 0.25) is 5.91 Å². The number of hydrogen-bond donors (Lipinski definition) is 2. The van der Waals surface area contributed by atoms with Crippen LogP contribution >= 0.6 is 0 Å². The van der Waals surface area contributed by atoms with Gasteiger partial charge in [-0.2, -0.15) is 0 Å². The number of ether oxygens (including phenoxy) is 3. The van der Waals surface area contributed by atoms with E-state index in [2.05, 4.69) is 17.2 Å². The third-order valence-electron chi connectivity index (χ3n) is 7.03. The van der Waals surface area contributed by atoms with Crippen molar-refractivity contribution in [3.05, 3.63) is 67.3 Å². The molecule has 1 aliphatic carbocycles. The lowest BCUT2D eigenvalue weighted by atomic mass is 10.1. The van der Waals surface area contributed by atoms with Gasteiger partial charge in [0.15, 0.2) is 0 Å². The molecule has 2 fully saturated rings. The van der Waals surface area contributed by atoms with Crippen LogP contribution in [0.2, 0.25) is 0 Å². The Hall–Kier alpha value is -3.91. The second-order valence-electron chi connectivity index (χ2n) is 9.42. The standard InChI is InChI=1S/C29H31N3O5/c1-4-19-16-29(19,28(34)36-5-2)32-27(33)25-14-21(17-30-25)37-26-15-23(18-9-7-6-8-10-18)31-24-13-20(35-3)11-12-22(24)26/h4,6-13,15,19,21,25,30H,1,5,14,16-17H2,2-3H3,(H,32,33)/t19-,21-,25+,29-/m1/s1. The molecule has 2 aliphatic rings. The summed E-state index contributed by atoms with van der Waals surface area (Å²) in [5, 5.41) is 7.03. The highest BCUT2D eigenvalue weighted by Gasteiger charge is 2.61. The fourth-order valence-electron chi connectivity index (χ4n) is 4.90. The quantitative estimate of drug-likeness (QED) is 0.341. The van der Waals surface area contributed by atoms with Crippen LogP contribution in [-0.4, -0.2) is 54.8 Å². The molecule has 8 heteroatoms. The van der Waals surface area contributed by atoms with Crippen LogP contribution in [0.5, 0.6) is 11.5 Å². The zero-order chi connectivity index (χ0) is 26.0. The monoisotopic (exact) mass is 501 g/mol. The van der Waals surface area contributed by atoms with Gasteiger partial charge in [0.1, 0.15) is 23.1 Å². The number of amides is 1. The van der Waals surface area contributed by atoms with E-state index in [1.54, 1.807) is 20.1 Å². The van der Waals surface area contributed by atoms with E-state index in [1.807, 2.05) is 54.6 Å². The molecule has 0 radical (unpaired) electrons. The average molecular weight is 502 g/mol. The summed E-state index contributed by atoms with van der Waals surface area (Å²) in [5.41, 5.74) is 1.51. The minimum absolute atomic E-state index is 0.125. The van der Waals surface area contributed by atoms with Gasteiger partial charge < -0.3 is 24.8 Å². The van der Waals surface area contributed by atoms with Crippen molar-refractivity contribution in [2.75, 3.05) is 20.3 Å². The number of benzene rings is 2. The van der Waals surface area contributed by atoms with Gasteiger partial charge in [-0.3, -0.25) is 4.79 Å². The Balaban J connectivity index is 1.34. The summed E-state index contributed by atoms with van der Waals surface area (Å²) in [6.45, 7) is 6.29. The Bertz CT molecular complexity index is 1330. The van der Waals surface area contributed by atoms with Crippen LogP contribution in [0.25, 0.3) is 22.2 Å².